The van der Waals surface area contributed by atoms with Gasteiger partial charge in [0.15, 0.2) is 0 Å². The topological polar surface area (TPSA) is 84.7 Å². The molecule has 0 aliphatic rings. The molecule has 1 heterocycles. The van der Waals surface area contributed by atoms with Gasteiger partial charge >= 0.3 is 0 Å². The Morgan fingerprint density at radius 1 is 1.12 bits per heavy atom. The van der Waals surface area contributed by atoms with Crippen LogP contribution in [-0.4, -0.2) is 20.6 Å². The third kappa shape index (κ3) is 3.58. The molecule has 0 bridgehead atoms. The molecule has 0 radical (unpaired) electrons. The van der Waals surface area contributed by atoms with Gasteiger partial charge in [0.25, 0.3) is 0 Å². The van der Waals surface area contributed by atoms with Crippen molar-refractivity contribution in [3.05, 3.63) is 89.3 Å². The minimum Gasteiger partial charge on any atom is -0.389 e. The minimum absolute atomic E-state index is 0.0296. The molecule has 0 aliphatic heterocycles. The Labute approximate surface area is 156 Å². The third-order valence-corrected chi connectivity index (χ3v) is 3.92. The molecule has 5 nitrogen and oxygen atoms in total. The van der Waals surface area contributed by atoms with Crippen LogP contribution in [-0.2, 0) is 0 Å². The van der Waals surface area contributed by atoms with E-state index < -0.39 is 0 Å². The van der Waals surface area contributed by atoms with Crippen molar-refractivity contribution in [2.75, 3.05) is 0 Å². The van der Waals surface area contributed by atoms with Gasteiger partial charge in [0.2, 0.25) is 5.78 Å². The molecule has 0 saturated heterocycles. The molecule has 0 atom stereocenters. The van der Waals surface area contributed by atoms with E-state index in [9.17, 15) is 10.1 Å². The number of aromatic nitrogens is 2. The number of nitrogens with zero attached hydrogens (tertiary/aromatic N) is 3. The van der Waals surface area contributed by atoms with Crippen molar-refractivity contribution in [1.29, 1.82) is 5.26 Å². The Balaban J connectivity index is 2.15. The highest BCUT2D eigenvalue weighted by molar-refractivity contribution is 7.80. The van der Waals surface area contributed by atoms with E-state index in [4.69, 9.17) is 18.0 Å². The molecule has 6 heteroatoms. The van der Waals surface area contributed by atoms with E-state index in [1.54, 1.807) is 35.1 Å². The van der Waals surface area contributed by atoms with Crippen molar-refractivity contribution in [2.45, 2.75) is 0 Å². The standard InChI is InChI=1S/C20H14N4OS/c21-12-15(20(22)26)11-16-13-24(17-9-5-2-6-10-17)23-18(16)19(25)14-7-3-1-4-8-14/h1-11,13H,(H2,22,26)/b15-11-. The second-order valence-electron chi connectivity index (χ2n) is 5.44. The fourth-order valence-corrected chi connectivity index (χ4v) is 2.53. The van der Waals surface area contributed by atoms with Gasteiger partial charge in [-0.3, -0.25) is 4.79 Å². The first-order valence-corrected chi connectivity index (χ1v) is 8.17. The van der Waals surface area contributed by atoms with Gasteiger partial charge in [0.05, 0.1) is 11.3 Å². The van der Waals surface area contributed by atoms with Crippen LogP contribution in [0.5, 0.6) is 0 Å². The first-order chi connectivity index (χ1) is 12.6. The van der Waals surface area contributed by atoms with Gasteiger partial charge in [-0.15, -0.1) is 0 Å². The van der Waals surface area contributed by atoms with Crippen LogP contribution in [0.15, 0.2) is 72.4 Å². The number of hydrogen-bond donors (Lipinski definition) is 1. The Bertz CT molecular complexity index is 1030. The van der Waals surface area contributed by atoms with E-state index in [1.165, 1.54) is 6.08 Å². The second kappa shape index (κ2) is 7.55. The van der Waals surface area contributed by atoms with Crippen LogP contribution in [0.4, 0.5) is 0 Å². The zero-order valence-electron chi connectivity index (χ0n) is 13.7. The summed E-state index contributed by atoms with van der Waals surface area (Å²) in [6, 6.07) is 20.2. The molecule has 26 heavy (non-hydrogen) atoms. The monoisotopic (exact) mass is 358 g/mol. The number of carbonyl (C=O) groups excluding carboxylic acids is 1. The van der Waals surface area contributed by atoms with E-state index in [0.29, 0.717) is 11.1 Å². The fourth-order valence-electron chi connectivity index (χ4n) is 2.42. The number of thiocarbonyl (C=S) groups is 1. The Kier molecular flexibility index (Phi) is 5.02. The van der Waals surface area contributed by atoms with E-state index in [2.05, 4.69) is 5.10 Å². The second-order valence-corrected chi connectivity index (χ2v) is 5.88. The summed E-state index contributed by atoms with van der Waals surface area (Å²) in [4.78, 5) is 12.9. The first-order valence-electron chi connectivity index (χ1n) is 7.76. The number of carbonyl (C=O) groups is 1. The van der Waals surface area contributed by atoms with Crippen LogP contribution in [0.1, 0.15) is 21.6 Å². The Hall–Kier alpha value is -3.56. The van der Waals surface area contributed by atoms with Crippen LogP contribution in [0, 0.1) is 11.3 Å². The van der Waals surface area contributed by atoms with Gasteiger partial charge in [-0.05, 0) is 18.2 Å². The predicted molar refractivity (Wildman–Crippen MR) is 104 cm³/mol. The highest BCUT2D eigenvalue weighted by Crippen LogP contribution is 2.19. The van der Waals surface area contributed by atoms with Crippen molar-refractivity contribution in [1.82, 2.24) is 9.78 Å². The van der Waals surface area contributed by atoms with Gasteiger partial charge in [-0.2, -0.15) is 10.4 Å². The molecule has 0 fully saturated rings. The number of para-hydroxylation sites is 1. The SMILES string of the molecule is N#C/C(=C/c1cn(-c2ccccc2)nc1C(=O)c1ccccc1)C(N)=S. The highest BCUT2D eigenvalue weighted by Gasteiger charge is 2.18. The molecule has 0 saturated carbocycles. The molecule has 0 unspecified atom stereocenters. The first kappa shape index (κ1) is 17.3. The van der Waals surface area contributed by atoms with Crippen molar-refractivity contribution >= 4 is 29.1 Å². The molecule has 1 aromatic heterocycles. The largest absolute Gasteiger partial charge is 0.389 e. The molecule has 126 valence electrons. The van der Waals surface area contributed by atoms with E-state index >= 15 is 0 Å². The molecular weight excluding hydrogens is 344 g/mol. The lowest BCUT2D eigenvalue weighted by atomic mass is 10.0. The number of hydrogen-bond acceptors (Lipinski definition) is 4. The van der Waals surface area contributed by atoms with Crippen molar-refractivity contribution in [3.63, 3.8) is 0 Å². The number of nitriles is 1. The van der Waals surface area contributed by atoms with E-state index in [0.717, 1.165) is 5.69 Å². The molecule has 0 aliphatic carbocycles. The maximum atomic E-state index is 12.9. The molecule has 0 amide bonds. The van der Waals surface area contributed by atoms with E-state index in [-0.39, 0.29) is 22.0 Å². The van der Waals surface area contributed by atoms with Crippen LogP contribution in [0.2, 0.25) is 0 Å². The van der Waals surface area contributed by atoms with Crippen LogP contribution in [0.3, 0.4) is 0 Å². The quantitative estimate of drug-likeness (QED) is 0.327. The lowest BCUT2D eigenvalue weighted by Crippen LogP contribution is -2.10. The van der Waals surface area contributed by atoms with Crippen LogP contribution >= 0.6 is 12.2 Å². The summed E-state index contributed by atoms with van der Waals surface area (Å²) in [7, 11) is 0. The van der Waals surface area contributed by atoms with E-state index in [1.807, 2.05) is 42.5 Å². The Morgan fingerprint density at radius 2 is 1.73 bits per heavy atom. The van der Waals surface area contributed by atoms with Gasteiger partial charge in [0.1, 0.15) is 16.8 Å². The molecular formula is C20H14N4OS. The summed E-state index contributed by atoms with van der Waals surface area (Å²) in [6.07, 6.45) is 3.17. The summed E-state index contributed by atoms with van der Waals surface area (Å²) in [6.45, 7) is 0. The average Bonchev–Trinajstić information content (AvgIpc) is 3.10. The smallest absolute Gasteiger partial charge is 0.213 e. The van der Waals surface area contributed by atoms with Crippen molar-refractivity contribution in [3.8, 4) is 11.8 Å². The average molecular weight is 358 g/mol. The summed E-state index contributed by atoms with van der Waals surface area (Å²) in [5.41, 5.74) is 7.71. The van der Waals surface area contributed by atoms with Gasteiger partial charge in [0, 0.05) is 17.3 Å². The van der Waals surface area contributed by atoms with Gasteiger partial charge < -0.3 is 5.73 Å². The van der Waals surface area contributed by atoms with Crippen LogP contribution in [0.25, 0.3) is 11.8 Å². The third-order valence-electron chi connectivity index (χ3n) is 3.70. The lowest BCUT2D eigenvalue weighted by Gasteiger charge is -2.00. The minimum atomic E-state index is -0.244. The lowest BCUT2D eigenvalue weighted by molar-refractivity contribution is 0.103. The molecule has 3 rings (SSSR count). The number of nitrogens with two attached hydrogens (primary N) is 1. The molecule has 2 N–H and O–H groups in total. The maximum absolute atomic E-state index is 12.9. The number of benzene rings is 2. The zero-order valence-corrected chi connectivity index (χ0v) is 14.5. The normalized spacial score (nSPS) is 11.0. The highest BCUT2D eigenvalue weighted by atomic mass is 32.1. The van der Waals surface area contributed by atoms with Crippen LogP contribution < -0.4 is 5.73 Å². The predicted octanol–water partition coefficient (Wildman–Crippen LogP) is 3.30. The molecule has 3 aromatic rings. The number of ketones is 1. The van der Waals surface area contributed by atoms with Crippen molar-refractivity contribution < 1.29 is 4.79 Å². The maximum Gasteiger partial charge on any atom is 0.213 e. The van der Waals surface area contributed by atoms with Crippen molar-refractivity contribution in [2.24, 2.45) is 5.73 Å². The number of rotatable bonds is 5. The van der Waals surface area contributed by atoms with Gasteiger partial charge in [-0.1, -0.05) is 60.7 Å². The summed E-state index contributed by atoms with van der Waals surface area (Å²) >= 11 is 4.89. The summed E-state index contributed by atoms with van der Waals surface area (Å²) in [5, 5.41) is 13.7. The fraction of sp³-hybridized carbons (Fsp3) is 0. The Morgan fingerprint density at radius 3 is 2.31 bits per heavy atom. The molecule has 2 aromatic carbocycles. The van der Waals surface area contributed by atoms with Gasteiger partial charge in [-0.25, -0.2) is 4.68 Å². The zero-order chi connectivity index (χ0) is 18.5. The molecule has 0 spiro atoms. The summed E-state index contributed by atoms with van der Waals surface area (Å²) in [5.74, 6) is -0.244. The summed E-state index contributed by atoms with van der Waals surface area (Å²) < 4.78 is 1.59.